The van der Waals surface area contributed by atoms with Gasteiger partial charge in [0.2, 0.25) is 0 Å². The van der Waals surface area contributed by atoms with Crippen molar-refractivity contribution in [2.45, 2.75) is 44.9 Å². The summed E-state index contributed by atoms with van der Waals surface area (Å²) in [4.78, 5) is 11.7. The molecule has 1 fully saturated rings. The molecule has 1 saturated heterocycles. The summed E-state index contributed by atoms with van der Waals surface area (Å²) in [5, 5.41) is 2.98. The number of esters is 1. The molecule has 1 aliphatic heterocycles. The van der Waals surface area contributed by atoms with Crippen molar-refractivity contribution in [2.75, 3.05) is 13.2 Å². The molecule has 0 amide bonds. The van der Waals surface area contributed by atoms with Crippen molar-refractivity contribution in [3.63, 3.8) is 0 Å². The SMILES string of the molecule is C#CCNC(C(=O)OCC)C1CCC(C)O1. The second-order valence-corrected chi connectivity index (χ2v) is 3.88. The number of ether oxygens (including phenoxy) is 2. The summed E-state index contributed by atoms with van der Waals surface area (Å²) >= 11 is 0. The molecule has 1 N–H and O–H groups in total. The van der Waals surface area contributed by atoms with Crippen molar-refractivity contribution in [1.29, 1.82) is 0 Å². The summed E-state index contributed by atoms with van der Waals surface area (Å²) in [6, 6.07) is -0.444. The molecule has 1 aliphatic rings. The third-order valence-electron chi connectivity index (χ3n) is 2.60. The van der Waals surface area contributed by atoms with E-state index in [0.717, 1.165) is 12.8 Å². The second kappa shape index (κ2) is 6.51. The molecule has 1 heterocycles. The Balaban J connectivity index is 2.56. The standard InChI is InChI=1S/C12H19NO3/c1-4-8-13-11(12(14)15-5-2)10-7-6-9(3)16-10/h1,9-11,13H,5-8H2,2-3H3. The fourth-order valence-corrected chi connectivity index (χ4v) is 1.85. The van der Waals surface area contributed by atoms with Crippen LogP contribution in [0.3, 0.4) is 0 Å². The lowest BCUT2D eigenvalue weighted by molar-refractivity contribution is -0.149. The van der Waals surface area contributed by atoms with Crippen LogP contribution in [0, 0.1) is 12.3 Å². The van der Waals surface area contributed by atoms with E-state index in [4.69, 9.17) is 15.9 Å². The molecule has 0 aromatic heterocycles. The number of carbonyl (C=O) groups is 1. The van der Waals surface area contributed by atoms with Crippen LogP contribution in [-0.2, 0) is 14.3 Å². The van der Waals surface area contributed by atoms with E-state index in [1.807, 2.05) is 6.92 Å². The van der Waals surface area contributed by atoms with Gasteiger partial charge in [-0.15, -0.1) is 6.42 Å². The minimum atomic E-state index is -0.444. The Labute approximate surface area is 96.7 Å². The van der Waals surface area contributed by atoms with Gasteiger partial charge in [-0.2, -0.15) is 0 Å². The highest BCUT2D eigenvalue weighted by molar-refractivity contribution is 5.76. The lowest BCUT2D eigenvalue weighted by Gasteiger charge is -2.22. The smallest absolute Gasteiger partial charge is 0.325 e. The Morgan fingerprint density at radius 3 is 2.94 bits per heavy atom. The number of hydrogen-bond acceptors (Lipinski definition) is 4. The molecule has 16 heavy (non-hydrogen) atoms. The highest BCUT2D eigenvalue weighted by Gasteiger charge is 2.34. The van der Waals surface area contributed by atoms with E-state index in [2.05, 4.69) is 11.2 Å². The van der Waals surface area contributed by atoms with E-state index < -0.39 is 6.04 Å². The molecular formula is C12H19NO3. The first kappa shape index (κ1) is 13.0. The van der Waals surface area contributed by atoms with Gasteiger partial charge in [0, 0.05) is 0 Å². The molecule has 0 aromatic carbocycles. The maximum absolute atomic E-state index is 11.7. The van der Waals surface area contributed by atoms with Gasteiger partial charge in [-0.3, -0.25) is 10.1 Å². The van der Waals surface area contributed by atoms with Gasteiger partial charge in [0.05, 0.1) is 25.4 Å². The Morgan fingerprint density at radius 2 is 2.44 bits per heavy atom. The van der Waals surface area contributed by atoms with E-state index in [-0.39, 0.29) is 18.2 Å². The van der Waals surface area contributed by atoms with Crippen molar-refractivity contribution in [1.82, 2.24) is 5.32 Å². The van der Waals surface area contributed by atoms with Gasteiger partial charge in [0.1, 0.15) is 6.04 Å². The summed E-state index contributed by atoms with van der Waals surface area (Å²) in [7, 11) is 0. The predicted molar refractivity (Wildman–Crippen MR) is 60.8 cm³/mol. The number of carbonyl (C=O) groups excluding carboxylic acids is 1. The largest absolute Gasteiger partial charge is 0.465 e. The number of terminal acetylenes is 1. The van der Waals surface area contributed by atoms with Gasteiger partial charge in [-0.1, -0.05) is 5.92 Å². The zero-order chi connectivity index (χ0) is 12.0. The van der Waals surface area contributed by atoms with Gasteiger partial charge in [0.15, 0.2) is 0 Å². The quantitative estimate of drug-likeness (QED) is 0.553. The summed E-state index contributed by atoms with van der Waals surface area (Å²) in [5.41, 5.74) is 0. The van der Waals surface area contributed by atoms with Crippen molar-refractivity contribution < 1.29 is 14.3 Å². The Morgan fingerprint density at radius 1 is 1.69 bits per heavy atom. The zero-order valence-corrected chi connectivity index (χ0v) is 9.86. The fraction of sp³-hybridized carbons (Fsp3) is 0.750. The normalized spacial score (nSPS) is 26.1. The van der Waals surface area contributed by atoms with Gasteiger partial charge < -0.3 is 9.47 Å². The molecule has 0 aromatic rings. The highest BCUT2D eigenvalue weighted by atomic mass is 16.5. The van der Waals surface area contributed by atoms with Crippen LogP contribution in [-0.4, -0.2) is 37.4 Å². The maximum atomic E-state index is 11.7. The first-order valence-electron chi connectivity index (χ1n) is 5.68. The molecule has 0 bridgehead atoms. The average molecular weight is 225 g/mol. The third-order valence-corrected chi connectivity index (χ3v) is 2.60. The average Bonchev–Trinajstić information content (AvgIpc) is 2.66. The van der Waals surface area contributed by atoms with Crippen LogP contribution < -0.4 is 5.32 Å². The molecule has 3 unspecified atom stereocenters. The second-order valence-electron chi connectivity index (χ2n) is 3.88. The lowest BCUT2D eigenvalue weighted by atomic mass is 10.1. The van der Waals surface area contributed by atoms with Gasteiger partial charge in [-0.05, 0) is 26.7 Å². The minimum Gasteiger partial charge on any atom is -0.465 e. The maximum Gasteiger partial charge on any atom is 0.325 e. The van der Waals surface area contributed by atoms with E-state index >= 15 is 0 Å². The summed E-state index contributed by atoms with van der Waals surface area (Å²) in [6.07, 6.45) is 7.09. The van der Waals surface area contributed by atoms with Crippen LogP contribution in [0.2, 0.25) is 0 Å². The predicted octanol–water partition coefficient (Wildman–Crippen LogP) is 0.708. The van der Waals surface area contributed by atoms with Crippen molar-refractivity contribution >= 4 is 5.97 Å². The topological polar surface area (TPSA) is 47.6 Å². The minimum absolute atomic E-state index is 0.123. The number of nitrogens with one attached hydrogen (secondary N) is 1. The van der Waals surface area contributed by atoms with Gasteiger partial charge in [-0.25, -0.2) is 0 Å². The van der Waals surface area contributed by atoms with Crippen LogP contribution in [0.1, 0.15) is 26.7 Å². The molecule has 4 heteroatoms. The van der Waals surface area contributed by atoms with E-state index in [1.165, 1.54) is 0 Å². The molecule has 0 radical (unpaired) electrons. The summed E-state index contributed by atoms with van der Waals surface area (Å²) < 4.78 is 10.7. The molecule has 0 saturated carbocycles. The van der Waals surface area contributed by atoms with Crippen molar-refractivity contribution in [3.05, 3.63) is 0 Å². The lowest BCUT2D eigenvalue weighted by Crippen LogP contribution is -2.47. The fourth-order valence-electron chi connectivity index (χ4n) is 1.85. The Bertz CT molecular complexity index is 272. The molecule has 0 aliphatic carbocycles. The van der Waals surface area contributed by atoms with Crippen LogP contribution in [0.25, 0.3) is 0 Å². The molecule has 1 rings (SSSR count). The monoisotopic (exact) mass is 225 g/mol. The van der Waals surface area contributed by atoms with Crippen molar-refractivity contribution in [3.8, 4) is 12.3 Å². The van der Waals surface area contributed by atoms with E-state index in [1.54, 1.807) is 6.92 Å². The van der Waals surface area contributed by atoms with E-state index in [9.17, 15) is 4.79 Å². The zero-order valence-electron chi connectivity index (χ0n) is 9.86. The molecule has 0 spiro atoms. The van der Waals surface area contributed by atoms with Gasteiger partial charge >= 0.3 is 5.97 Å². The molecule has 4 nitrogen and oxygen atoms in total. The van der Waals surface area contributed by atoms with Gasteiger partial charge in [0.25, 0.3) is 0 Å². The van der Waals surface area contributed by atoms with Crippen LogP contribution >= 0.6 is 0 Å². The first-order chi connectivity index (χ1) is 7.69. The Kier molecular flexibility index (Phi) is 5.30. The number of hydrogen-bond donors (Lipinski definition) is 1. The van der Waals surface area contributed by atoms with Crippen LogP contribution in [0.5, 0.6) is 0 Å². The molecule has 90 valence electrons. The van der Waals surface area contributed by atoms with E-state index in [0.29, 0.717) is 13.2 Å². The highest BCUT2D eigenvalue weighted by Crippen LogP contribution is 2.22. The summed E-state index contributed by atoms with van der Waals surface area (Å²) in [6.45, 7) is 4.50. The Hall–Kier alpha value is -1.05. The molecular weight excluding hydrogens is 206 g/mol. The summed E-state index contributed by atoms with van der Waals surface area (Å²) in [5.74, 6) is 2.17. The van der Waals surface area contributed by atoms with Crippen LogP contribution in [0.15, 0.2) is 0 Å². The molecule has 3 atom stereocenters. The first-order valence-corrected chi connectivity index (χ1v) is 5.68. The van der Waals surface area contributed by atoms with Crippen LogP contribution in [0.4, 0.5) is 0 Å². The third kappa shape index (κ3) is 3.51. The van der Waals surface area contributed by atoms with Crippen molar-refractivity contribution in [2.24, 2.45) is 0 Å². The number of rotatable bonds is 5.